The number of aliphatic hydroxyl groups excluding tert-OH is 2. The monoisotopic (exact) mass is 432 g/mol. The van der Waals surface area contributed by atoms with E-state index < -0.39 is 12.2 Å². The first-order valence-corrected chi connectivity index (χ1v) is 13.0. The first-order valence-electron chi connectivity index (χ1n) is 13.0. The summed E-state index contributed by atoms with van der Waals surface area (Å²) < 4.78 is 0. The molecule has 0 aromatic heterocycles. The van der Waals surface area contributed by atoms with Gasteiger partial charge in [-0.05, 0) is 18.8 Å². The number of carbonyl (C=O) groups excluding carboxylic acids is 1. The Hall–Kier alpha value is -1.19. The Kier molecular flexibility index (Phi) is 16.5. The Morgan fingerprint density at radius 3 is 1.68 bits per heavy atom. The lowest BCUT2D eigenvalue weighted by atomic mass is 9.91. The quantitative estimate of drug-likeness (QED) is 0.166. The van der Waals surface area contributed by atoms with Crippen LogP contribution in [0.4, 0.5) is 0 Å². The molecule has 31 heavy (non-hydrogen) atoms. The molecule has 1 aromatic rings. The van der Waals surface area contributed by atoms with E-state index in [1.54, 1.807) is 24.3 Å². The van der Waals surface area contributed by atoms with Crippen molar-refractivity contribution in [2.75, 3.05) is 0 Å². The molecule has 0 aliphatic carbocycles. The molecule has 0 aliphatic rings. The molecule has 0 bridgehead atoms. The molecule has 0 heterocycles. The van der Waals surface area contributed by atoms with E-state index >= 15 is 0 Å². The van der Waals surface area contributed by atoms with Crippen LogP contribution in [-0.2, 0) is 0 Å². The zero-order valence-corrected chi connectivity index (χ0v) is 20.2. The average molecular weight is 433 g/mol. The van der Waals surface area contributed by atoms with Crippen LogP contribution in [0, 0.1) is 5.92 Å². The molecule has 0 radical (unpaired) electrons. The molecule has 0 amide bonds. The lowest BCUT2D eigenvalue weighted by Crippen LogP contribution is -2.28. The maximum absolute atomic E-state index is 12.3. The highest BCUT2D eigenvalue weighted by Crippen LogP contribution is 2.20. The summed E-state index contributed by atoms with van der Waals surface area (Å²) in [5.41, 5.74) is 0.531. The fourth-order valence-electron chi connectivity index (χ4n) is 4.24. The van der Waals surface area contributed by atoms with Gasteiger partial charge < -0.3 is 10.2 Å². The number of rotatable bonds is 20. The van der Waals surface area contributed by atoms with Crippen molar-refractivity contribution in [2.45, 2.75) is 129 Å². The summed E-state index contributed by atoms with van der Waals surface area (Å²) in [6.45, 7) is 4.20. The van der Waals surface area contributed by atoms with Gasteiger partial charge in [-0.1, -0.05) is 134 Å². The highest BCUT2D eigenvalue weighted by atomic mass is 16.3. The van der Waals surface area contributed by atoms with Crippen LogP contribution in [0.2, 0.25) is 0 Å². The van der Waals surface area contributed by atoms with Crippen molar-refractivity contribution >= 4 is 5.78 Å². The number of hydrogen-bond acceptors (Lipinski definition) is 3. The van der Waals surface area contributed by atoms with E-state index in [0.29, 0.717) is 12.0 Å². The molecule has 178 valence electrons. The first kappa shape index (κ1) is 27.8. The number of ketones is 1. The van der Waals surface area contributed by atoms with E-state index in [1.807, 2.05) is 13.0 Å². The van der Waals surface area contributed by atoms with Gasteiger partial charge in [0.25, 0.3) is 0 Å². The van der Waals surface area contributed by atoms with Crippen molar-refractivity contribution in [1.29, 1.82) is 0 Å². The molecule has 1 aromatic carbocycles. The molecule has 0 saturated carbocycles. The Morgan fingerprint density at radius 2 is 1.19 bits per heavy atom. The fourth-order valence-corrected chi connectivity index (χ4v) is 4.24. The summed E-state index contributed by atoms with van der Waals surface area (Å²) in [6, 6.07) is 8.90. The SMILES string of the molecule is CCCCCCCCCCCCCCCCC(O)C(C)CC(O)C(=O)c1ccccc1. The minimum Gasteiger partial charge on any atom is -0.393 e. The highest BCUT2D eigenvalue weighted by molar-refractivity contribution is 5.99. The molecule has 0 aliphatic heterocycles. The third-order valence-corrected chi connectivity index (χ3v) is 6.47. The van der Waals surface area contributed by atoms with Crippen LogP contribution in [-0.4, -0.2) is 28.2 Å². The molecular weight excluding hydrogens is 384 g/mol. The van der Waals surface area contributed by atoms with E-state index in [4.69, 9.17) is 0 Å². The van der Waals surface area contributed by atoms with E-state index in [0.717, 1.165) is 19.3 Å². The Bertz CT molecular complexity index is 542. The van der Waals surface area contributed by atoms with Crippen molar-refractivity contribution in [3.63, 3.8) is 0 Å². The first-order chi connectivity index (χ1) is 15.1. The van der Waals surface area contributed by atoms with Gasteiger partial charge in [-0.15, -0.1) is 0 Å². The van der Waals surface area contributed by atoms with Gasteiger partial charge >= 0.3 is 0 Å². The lowest BCUT2D eigenvalue weighted by molar-refractivity contribution is 0.0507. The minimum atomic E-state index is -1.04. The summed E-state index contributed by atoms with van der Waals surface area (Å²) >= 11 is 0. The van der Waals surface area contributed by atoms with Crippen LogP contribution >= 0.6 is 0 Å². The molecule has 3 atom stereocenters. The average Bonchev–Trinajstić information content (AvgIpc) is 2.79. The number of Topliss-reactive ketones (excluding diaryl/α,β-unsaturated/α-hetero) is 1. The Balaban J connectivity index is 1.98. The predicted molar refractivity (Wildman–Crippen MR) is 131 cm³/mol. The molecule has 3 nitrogen and oxygen atoms in total. The third kappa shape index (κ3) is 13.7. The highest BCUT2D eigenvalue weighted by Gasteiger charge is 2.23. The molecule has 0 fully saturated rings. The van der Waals surface area contributed by atoms with Crippen LogP contribution in [0.1, 0.15) is 127 Å². The Labute approximate surface area is 191 Å². The van der Waals surface area contributed by atoms with Gasteiger partial charge in [0.15, 0.2) is 5.78 Å². The second-order valence-corrected chi connectivity index (χ2v) is 9.41. The van der Waals surface area contributed by atoms with E-state index in [9.17, 15) is 15.0 Å². The maximum atomic E-state index is 12.3. The summed E-state index contributed by atoms with van der Waals surface area (Å²) in [6.07, 6.45) is 18.2. The van der Waals surface area contributed by atoms with E-state index in [-0.39, 0.29) is 11.7 Å². The van der Waals surface area contributed by atoms with Crippen LogP contribution < -0.4 is 0 Å². The van der Waals surface area contributed by atoms with Gasteiger partial charge in [0.05, 0.1) is 6.10 Å². The summed E-state index contributed by atoms with van der Waals surface area (Å²) in [5.74, 6) is -0.333. The molecule has 3 unspecified atom stereocenters. The fraction of sp³-hybridized carbons (Fsp3) is 0.750. The van der Waals surface area contributed by atoms with Crippen LogP contribution in [0.15, 0.2) is 30.3 Å². The predicted octanol–water partition coefficient (Wildman–Crippen LogP) is 7.49. The van der Waals surface area contributed by atoms with Crippen LogP contribution in [0.5, 0.6) is 0 Å². The number of aliphatic hydroxyl groups is 2. The van der Waals surface area contributed by atoms with Gasteiger partial charge in [-0.2, -0.15) is 0 Å². The third-order valence-electron chi connectivity index (χ3n) is 6.47. The van der Waals surface area contributed by atoms with E-state index in [2.05, 4.69) is 6.92 Å². The van der Waals surface area contributed by atoms with E-state index in [1.165, 1.54) is 77.0 Å². The lowest BCUT2D eigenvalue weighted by Gasteiger charge is -2.21. The van der Waals surface area contributed by atoms with Crippen LogP contribution in [0.3, 0.4) is 0 Å². The molecule has 0 spiro atoms. The van der Waals surface area contributed by atoms with Crippen molar-refractivity contribution in [2.24, 2.45) is 5.92 Å². The summed E-state index contributed by atoms with van der Waals surface area (Å²) in [5, 5.41) is 20.6. The van der Waals surface area contributed by atoms with Crippen LogP contribution in [0.25, 0.3) is 0 Å². The van der Waals surface area contributed by atoms with Crippen molar-refractivity contribution < 1.29 is 15.0 Å². The second-order valence-electron chi connectivity index (χ2n) is 9.41. The minimum absolute atomic E-state index is 0.0790. The molecule has 3 heteroatoms. The largest absolute Gasteiger partial charge is 0.393 e. The van der Waals surface area contributed by atoms with Crippen molar-refractivity contribution in [1.82, 2.24) is 0 Å². The smallest absolute Gasteiger partial charge is 0.191 e. The van der Waals surface area contributed by atoms with Crippen molar-refractivity contribution in [3.8, 4) is 0 Å². The number of benzene rings is 1. The van der Waals surface area contributed by atoms with Crippen molar-refractivity contribution in [3.05, 3.63) is 35.9 Å². The number of unbranched alkanes of at least 4 members (excludes halogenated alkanes) is 13. The summed E-state index contributed by atoms with van der Waals surface area (Å²) in [4.78, 5) is 12.3. The standard InChI is InChI=1S/C28H48O3/c1-3-4-5-6-7-8-9-10-11-12-13-14-15-19-22-26(29)24(2)23-27(30)28(31)25-20-17-16-18-21-25/h16-18,20-21,24,26-27,29-30H,3-15,19,22-23H2,1-2H3. The van der Waals surface area contributed by atoms with Gasteiger partial charge in [-0.25, -0.2) is 0 Å². The summed E-state index contributed by atoms with van der Waals surface area (Å²) in [7, 11) is 0. The Morgan fingerprint density at radius 1 is 0.742 bits per heavy atom. The number of hydrogen-bond donors (Lipinski definition) is 2. The zero-order valence-electron chi connectivity index (χ0n) is 20.2. The maximum Gasteiger partial charge on any atom is 0.191 e. The second kappa shape index (κ2) is 18.4. The van der Waals surface area contributed by atoms with Gasteiger partial charge in [0.1, 0.15) is 6.10 Å². The zero-order chi connectivity index (χ0) is 22.7. The van der Waals surface area contributed by atoms with Gasteiger partial charge in [0, 0.05) is 5.56 Å². The van der Waals surface area contributed by atoms with Gasteiger partial charge in [-0.3, -0.25) is 4.79 Å². The van der Waals surface area contributed by atoms with Gasteiger partial charge in [0.2, 0.25) is 0 Å². The number of carbonyl (C=O) groups is 1. The normalized spacial score (nSPS) is 14.3. The molecular formula is C28H48O3. The molecule has 1 rings (SSSR count). The topological polar surface area (TPSA) is 57.5 Å². The molecule has 2 N–H and O–H groups in total. The molecule has 0 saturated heterocycles.